The first kappa shape index (κ1) is 14.7. The van der Waals surface area contributed by atoms with Gasteiger partial charge in [0.25, 0.3) is 0 Å². The van der Waals surface area contributed by atoms with Gasteiger partial charge in [0.2, 0.25) is 0 Å². The maximum absolute atomic E-state index is 10.4. The van der Waals surface area contributed by atoms with E-state index in [4.69, 9.17) is 5.11 Å². The molecule has 0 aliphatic heterocycles. The van der Waals surface area contributed by atoms with Crippen molar-refractivity contribution in [3.05, 3.63) is 36.8 Å². The molecule has 0 aliphatic rings. The highest BCUT2D eigenvalue weighted by Gasteiger charge is 2.05. The van der Waals surface area contributed by atoms with Gasteiger partial charge in [0, 0.05) is 19.3 Å². The molecule has 7 nitrogen and oxygen atoms in total. The molecule has 1 unspecified atom stereocenters. The van der Waals surface area contributed by atoms with Crippen LogP contribution in [0.15, 0.2) is 36.8 Å². The van der Waals surface area contributed by atoms with Crippen molar-refractivity contribution >= 4 is 11.9 Å². The largest absolute Gasteiger partial charge is 0.465 e. The van der Waals surface area contributed by atoms with Crippen LogP contribution in [0, 0.1) is 5.92 Å². The molecule has 3 N–H and O–H groups in total. The molecule has 2 aromatic heterocycles. The van der Waals surface area contributed by atoms with Gasteiger partial charge >= 0.3 is 6.09 Å². The molecule has 0 radical (unpaired) electrons. The van der Waals surface area contributed by atoms with Crippen LogP contribution in [-0.2, 0) is 0 Å². The van der Waals surface area contributed by atoms with Crippen LogP contribution < -0.4 is 10.6 Å². The Morgan fingerprint density at radius 2 is 2.05 bits per heavy atom. The molecule has 0 spiro atoms. The summed E-state index contributed by atoms with van der Waals surface area (Å²) in [5, 5.41) is 14.0. The molecule has 1 amide bonds. The van der Waals surface area contributed by atoms with Gasteiger partial charge in [-0.2, -0.15) is 0 Å². The summed E-state index contributed by atoms with van der Waals surface area (Å²) in [5.41, 5.74) is 1.48. The van der Waals surface area contributed by atoms with Gasteiger partial charge in [0.1, 0.15) is 11.5 Å². The lowest BCUT2D eigenvalue weighted by Crippen LogP contribution is -2.29. The Kier molecular flexibility index (Phi) is 5.03. The Morgan fingerprint density at radius 3 is 2.67 bits per heavy atom. The average Bonchev–Trinajstić information content (AvgIpc) is 2.52. The topological polar surface area (TPSA) is 100 Å². The van der Waals surface area contributed by atoms with Crippen LogP contribution in [0.3, 0.4) is 0 Å². The minimum absolute atomic E-state index is 0.151. The Morgan fingerprint density at radius 1 is 1.19 bits per heavy atom. The van der Waals surface area contributed by atoms with Crippen molar-refractivity contribution in [1.82, 2.24) is 20.3 Å². The van der Waals surface area contributed by atoms with E-state index in [2.05, 4.69) is 25.6 Å². The zero-order valence-corrected chi connectivity index (χ0v) is 11.7. The van der Waals surface area contributed by atoms with E-state index in [-0.39, 0.29) is 5.92 Å². The maximum atomic E-state index is 10.4. The lowest BCUT2D eigenvalue weighted by Gasteiger charge is -2.12. The van der Waals surface area contributed by atoms with E-state index in [0.29, 0.717) is 24.6 Å². The van der Waals surface area contributed by atoms with Crippen LogP contribution in [0.2, 0.25) is 0 Å². The van der Waals surface area contributed by atoms with Crippen molar-refractivity contribution in [2.24, 2.45) is 5.92 Å². The Balaban J connectivity index is 1.87. The first-order valence-electron chi connectivity index (χ1n) is 6.59. The van der Waals surface area contributed by atoms with E-state index in [1.165, 1.54) is 0 Å². The van der Waals surface area contributed by atoms with Crippen LogP contribution in [-0.4, -0.2) is 39.2 Å². The summed E-state index contributed by atoms with van der Waals surface area (Å²) >= 11 is 0. The lowest BCUT2D eigenvalue weighted by atomic mass is 10.2. The van der Waals surface area contributed by atoms with Crippen molar-refractivity contribution in [2.45, 2.75) is 6.92 Å². The van der Waals surface area contributed by atoms with Gasteiger partial charge in [-0.1, -0.05) is 13.0 Å². The third kappa shape index (κ3) is 4.72. The Bertz CT molecular complexity index is 574. The number of pyridine rings is 1. The average molecular weight is 287 g/mol. The van der Waals surface area contributed by atoms with E-state index < -0.39 is 6.09 Å². The first-order chi connectivity index (χ1) is 10.1. The number of amides is 1. The highest BCUT2D eigenvalue weighted by Crippen LogP contribution is 2.13. The molecule has 2 heterocycles. The van der Waals surface area contributed by atoms with E-state index in [1.807, 2.05) is 25.1 Å². The van der Waals surface area contributed by atoms with E-state index in [1.54, 1.807) is 18.6 Å². The minimum atomic E-state index is -1.01. The van der Waals surface area contributed by atoms with Gasteiger partial charge in [-0.25, -0.2) is 14.8 Å². The summed E-state index contributed by atoms with van der Waals surface area (Å²) in [4.78, 5) is 23.2. The first-order valence-corrected chi connectivity index (χ1v) is 6.59. The molecular formula is C14H17N5O2. The summed E-state index contributed by atoms with van der Waals surface area (Å²) in [7, 11) is 0. The van der Waals surface area contributed by atoms with Gasteiger partial charge in [-0.15, -0.1) is 0 Å². The number of aromatic nitrogens is 3. The fourth-order valence-corrected chi connectivity index (χ4v) is 1.68. The van der Waals surface area contributed by atoms with Crippen LogP contribution in [0.1, 0.15) is 6.92 Å². The molecule has 7 heteroatoms. The Labute approximate surface area is 122 Å². The molecule has 0 bridgehead atoms. The summed E-state index contributed by atoms with van der Waals surface area (Å²) in [6.07, 6.45) is 3.99. The number of rotatable bonds is 6. The summed E-state index contributed by atoms with van der Waals surface area (Å²) in [6.45, 7) is 2.94. The lowest BCUT2D eigenvalue weighted by molar-refractivity contribution is 0.193. The SMILES string of the molecule is CC(CNC(=O)O)CNc1cnc(-c2ccccn2)cn1. The second kappa shape index (κ2) is 7.18. The van der Waals surface area contributed by atoms with Gasteiger partial charge in [-0.05, 0) is 18.1 Å². The number of carbonyl (C=O) groups is 1. The van der Waals surface area contributed by atoms with E-state index in [0.717, 1.165) is 5.69 Å². The number of carboxylic acid groups (broad SMARTS) is 1. The number of hydrogen-bond donors (Lipinski definition) is 3. The molecule has 110 valence electrons. The van der Waals surface area contributed by atoms with Crippen molar-refractivity contribution in [3.8, 4) is 11.4 Å². The summed E-state index contributed by atoms with van der Waals surface area (Å²) in [6, 6.07) is 5.61. The third-order valence-corrected chi connectivity index (χ3v) is 2.81. The Hall–Kier alpha value is -2.70. The van der Waals surface area contributed by atoms with Crippen molar-refractivity contribution in [1.29, 1.82) is 0 Å². The van der Waals surface area contributed by atoms with Crippen molar-refractivity contribution < 1.29 is 9.90 Å². The van der Waals surface area contributed by atoms with Crippen LogP contribution in [0.4, 0.5) is 10.6 Å². The van der Waals surface area contributed by atoms with Crippen molar-refractivity contribution in [3.63, 3.8) is 0 Å². The number of nitrogens with one attached hydrogen (secondary N) is 2. The monoisotopic (exact) mass is 287 g/mol. The molecular weight excluding hydrogens is 270 g/mol. The smallest absolute Gasteiger partial charge is 0.404 e. The zero-order chi connectivity index (χ0) is 15.1. The molecule has 2 rings (SSSR count). The van der Waals surface area contributed by atoms with Crippen LogP contribution >= 0.6 is 0 Å². The molecule has 0 saturated carbocycles. The number of nitrogens with zero attached hydrogens (tertiary/aromatic N) is 3. The van der Waals surface area contributed by atoms with Gasteiger partial charge in [0.15, 0.2) is 0 Å². The van der Waals surface area contributed by atoms with Gasteiger partial charge in [0.05, 0.1) is 18.1 Å². The van der Waals surface area contributed by atoms with Crippen molar-refractivity contribution in [2.75, 3.05) is 18.4 Å². The van der Waals surface area contributed by atoms with Crippen LogP contribution in [0.25, 0.3) is 11.4 Å². The number of anilines is 1. The van der Waals surface area contributed by atoms with E-state index in [9.17, 15) is 4.79 Å². The summed E-state index contributed by atoms with van der Waals surface area (Å²) in [5.74, 6) is 0.801. The molecule has 0 aliphatic carbocycles. The molecule has 0 saturated heterocycles. The fourth-order valence-electron chi connectivity index (χ4n) is 1.68. The van der Waals surface area contributed by atoms with Gasteiger partial charge < -0.3 is 15.7 Å². The molecule has 0 aromatic carbocycles. The predicted molar refractivity (Wildman–Crippen MR) is 78.9 cm³/mol. The molecule has 1 atom stereocenters. The molecule has 0 fully saturated rings. The second-order valence-corrected chi connectivity index (χ2v) is 4.67. The number of hydrogen-bond acceptors (Lipinski definition) is 5. The predicted octanol–water partition coefficient (Wildman–Crippen LogP) is 1.85. The standard InChI is InChI=1S/C14H17N5O2/c1-10(7-19-14(20)21)6-17-13-9-16-12(8-18-13)11-4-2-3-5-15-11/h2-5,8-10,19H,6-7H2,1H3,(H,17,18)(H,20,21). The molecule has 2 aromatic rings. The van der Waals surface area contributed by atoms with Crippen LogP contribution in [0.5, 0.6) is 0 Å². The third-order valence-electron chi connectivity index (χ3n) is 2.81. The summed E-state index contributed by atoms with van der Waals surface area (Å²) < 4.78 is 0. The zero-order valence-electron chi connectivity index (χ0n) is 11.7. The normalized spacial score (nSPS) is 11.7. The highest BCUT2D eigenvalue weighted by atomic mass is 16.4. The maximum Gasteiger partial charge on any atom is 0.404 e. The molecule has 21 heavy (non-hydrogen) atoms. The highest BCUT2D eigenvalue weighted by molar-refractivity contribution is 5.64. The van der Waals surface area contributed by atoms with E-state index >= 15 is 0 Å². The quantitative estimate of drug-likeness (QED) is 0.749. The minimum Gasteiger partial charge on any atom is -0.465 e. The second-order valence-electron chi connectivity index (χ2n) is 4.67. The van der Waals surface area contributed by atoms with Gasteiger partial charge in [-0.3, -0.25) is 4.98 Å². The fraction of sp³-hybridized carbons (Fsp3) is 0.286.